The first-order chi connectivity index (χ1) is 13.6. The molecule has 0 saturated carbocycles. The number of likely N-dealkylation sites (tertiary alicyclic amines) is 2. The molecule has 0 bridgehead atoms. The van der Waals surface area contributed by atoms with Crippen LogP contribution in [0.1, 0.15) is 26.2 Å². The number of carbonyl (C=O) groups is 1. The molecule has 2 N–H and O–H groups in total. The van der Waals surface area contributed by atoms with Gasteiger partial charge in [0.2, 0.25) is 0 Å². The largest absolute Gasteiger partial charge is 0.394 e. The molecular weight excluding hydrogens is 361 g/mol. The zero-order valence-electron chi connectivity index (χ0n) is 16.8. The first-order valence-corrected chi connectivity index (χ1v) is 10.2. The standard InChI is InChI=1S/C21H32FN3O3/c1-3-15-11-25(21(27)23-17-8-6-16(22)7-9-17)20(13-26)19(15)12-24-10-4-5-18(24)14-28-2/h6-9,15,18-20,26H,3-5,10-14H2,1-2H3,(H,23,27)/t15-,18-,19-,20-/m1/s1. The average molecular weight is 394 g/mol. The molecule has 2 saturated heterocycles. The molecule has 0 radical (unpaired) electrons. The smallest absolute Gasteiger partial charge is 0.322 e. The number of carbonyl (C=O) groups excluding carboxylic acids is 1. The van der Waals surface area contributed by atoms with E-state index in [0.29, 0.717) is 24.2 Å². The normalized spacial score (nSPS) is 28.1. The minimum atomic E-state index is -0.338. The summed E-state index contributed by atoms with van der Waals surface area (Å²) in [5, 5.41) is 12.9. The second kappa shape index (κ2) is 9.67. The number of nitrogens with zero attached hydrogens (tertiary/aromatic N) is 2. The number of rotatable bonds is 7. The quantitative estimate of drug-likeness (QED) is 0.748. The van der Waals surface area contributed by atoms with Crippen molar-refractivity contribution >= 4 is 11.7 Å². The molecule has 28 heavy (non-hydrogen) atoms. The van der Waals surface area contributed by atoms with Crippen LogP contribution in [-0.2, 0) is 4.74 Å². The molecule has 0 aliphatic carbocycles. The zero-order valence-corrected chi connectivity index (χ0v) is 16.8. The van der Waals surface area contributed by atoms with Gasteiger partial charge >= 0.3 is 6.03 Å². The van der Waals surface area contributed by atoms with E-state index in [1.807, 2.05) is 0 Å². The second-order valence-corrected chi connectivity index (χ2v) is 7.92. The monoisotopic (exact) mass is 393 g/mol. The van der Waals surface area contributed by atoms with E-state index in [-0.39, 0.29) is 30.4 Å². The van der Waals surface area contributed by atoms with Crippen LogP contribution >= 0.6 is 0 Å². The van der Waals surface area contributed by atoms with Crippen LogP contribution in [-0.4, -0.2) is 73.0 Å². The molecule has 2 heterocycles. The third-order valence-corrected chi connectivity index (χ3v) is 6.30. The van der Waals surface area contributed by atoms with Gasteiger partial charge in [-0.15, -0.1) is 0 Å². The Balaban J connectivity index is 1.69. The van der Waals surface area contributed by atoms with Crippen LogP contribution in [0.15, 0.2) is 24.3 Å². The molecular formula is C21H32FN3O3. The van der Waals surface area contributed by atoms with Crippen LogP contribution in [0.25, 0.3) is 0 Å². The highest BCUT2D eigenvalue weighted by Gasteiger charge is 2.44. The Morgan fingerprint density at radius 1 is 1.36 bits per heavy atom. The minimum absolute atomic E-state index is 0.0548. The Bertz CT molecular complexity index is 642. The number of amides is 2. The molecule has 2 aliphatic heterocycles. The van der Waals surface area contributed by atoms with Crippen molar-refractivity contribution < 1.29 is 19.0 Å². The van der Waals surface area contributed by atoms with Gasteiger partial charge in [-0.2, -0.15) is 0 Å². The van der Waals surface area contributed by atoms with Crippen LogP contribution < -0.4 is 5.32 Å². The minimum Gasteiger partial charge on any atom is -0.394 e. The summed E-state index contributed by atoms with van der Waals surface area (Å²) in [7, 11) is 1.74. The molecule has 6 nitrogen and oxygen atoms in total. The highest BCUT2D eigenvalue weighted by Crippen LogP contribution is 2.35. The fraction of sp³-hybridized carbons (Fsp3) is 0.667. The summed E-state index contributed by atoms with van der Waals surface area (Å²) < 4.78 is 18.5. The number of urea groups is 1. The van der Waals surface area contributed by atoms with Crippen LogP contribution in [0.4, 0.5) is 14.9 Å². The van der Waals surface area contributed by atoms with Gasteiger partial charge in [-0.1, -0.05) is 13.3 Å². The number of aliphatic hydroxyl groups is 1. The van der Waals surface area contributed by atoms with Gasteiger partial charge in [0, 0.05) is 31.9 Å². The average Bonchev–Trinajstić information content (AvgIpc) is 3.28. The van der Waals surface area contributed by atoms with Crippen molar-refractivity contribution in [2.24, 2.45) is 11.8 Å². The molecule has 0 spiro atoms. The van der Waals surface area contributed by atoms with Gasteiger partial charge in [0.15, 0.2) is 0 Å². The number of hydrogen-bond acceptors (Lipinski definition) is 4. The van der Waals surface area contributed by atoms with E-state index in [0.717, 1.165) is 39.0 Å². The number of nitrogens with one attached hydrogen (secondary N) is 1. The summed E-state index contributed by atoms with van der Waals surface area (Å²) in [5.41, 5.74) is 0.555. The Labute approximate surface area is 166 Å². The maximum atomic E-state index is 13.1. The summed E-state index contributed by atoms with van der Waals surface area (Å²) in [6, 6.07) is 5.71. The lowest BCUT2D eigenvalue weighted by molar-refractivity contribution is 0.0839. The van der Waals surface area contributed by atoms with E-state index < -0.39 is 0 Å². The lowest BCUT2D eigenvalue weighted by Gasteiger charge is -2.32. The number of benzene rings is 1. The van der Waals surface area contributed by atoms with E-state index in [1.165, 1.54) is 12.1 Å². The van der Waals surface area contributed by atoms with Crippen LogP contribution in [0, 0.1) is 17.7 Å². The van der Waals surface area contributed by atoms with Gasteiger partial charge in [0.25, 0.3) is 0 Å². The molecule has 0 aromatic heterocycles. The molecule has 7 heteroatoms. The van der Waals surface area contributed by atoms with Crippen molar-refractivity contribution in [3.05, 3.63) is 30.1 Å². The summed E-state index contributed by atoms with van der Waals surface area (Å²) in [5.74, 6) is 0.237. The maximum Gasteiger partial charge on any atom is 0.322 e. The number of anilines is 1. The van der Waals surface area contributed by atoms with Gasteiger partial charge < -0.3 is 20.1 Å². The van der Waals surface area contributed by atoms with E-state index in [4.69, 9.17) is 4.74 Å². The van der Waals surface area contributed by atoms with Crippen molar-refractivity contribution in [1.82, 2.24) is 9.80 Å². The van der Waals surface area contributed by atoms with E-state index in [1.54, 1.807) is 24.1 Å². The molecule has 4 atom stereocenters. The first kappa shape index (κ1) is 21.0. The van der Waals surface area contributed by atoms with E-state index in [9.17, 15) is 14.3 Å². The Morgan fingerprint density at radius 3 is 2.75 bits per heavy atom. The van der Waals surface area contributed by atoms with Crippen LogP contribution in [0.3, 0.4) is 0 Å². The number of ether oxygens (including phenoxy) is 1. The predicted molar refractivity (Wildman–Crippen MR) is 107 cm³/mol. The van der Waals surface area contributed by atoms with Crippen molar-refractivity contribution in [2.45, 2.75) is 38.3 Å². The number of aliphatic hydroxyl groups excluding tert-OH is 1. The SMILES string of the molecule is CC[C@@H]1CN(C(=O)Nc2ccc(F)cc2)[C@H](CO)[C@@H]1CN1CCC[C@@H]1COC. The topological polar surface area (TPSA) is 65.0 Å². The summed E-state index contributed by atoms with van der Waals surface area (Å²) in [4.78, 5) is 17.1. The van der Waals surface area contributed by atoms with Crippen molar-refractivity contribution in [2.75, 3.05) is 45.3 Å². The number of methoxy groups -OCH3 is 1. The van der Waals surface area contributed by atoms with Gasteiger partial charge in [-0.25, -0.2) is 9.18 Å². The summed E-state index contributed by atoms with van der Waals surface area (Å²) in [6.07, 6.45) is 3.26. The predicted octanol–water partition coefficient (Wildman–Crippen LogP) is 2.79. The highest BCUT2D eigenvalue weighted by molar-refractivity contribution is 5.89. The Morgan fingerprint density at radius 2 is 2.11 bits per heavy atom. The molecule has 1 aromatic rings. The summed E-state index contributed by atoms with van der Waals surface area (Å²) in [6.45, 7) is 5.36. The first-order valence-electron chi connectivity index (χ1n) is 10.2. The maximum absolute atomic E-state index is 13.1. The highest BCUT2D eigenvalue weighted by atomic mass is 19.1. The van der Waals surface area contributed by atoms with Gasteiger partial charge in [0.05, 0.1) is 19.3 Å². The van der Waals surface area contributed by atoms with Crippen LogP contribution in [0.5, 0.6) is 0 Å². The second-order valence-electron chi connectivity index (χ2n) is 7.92. The number of halogens is 1. The van der Waals surface area contributed by atoms with Crippen LogP contribution in [0.2, 0.25) is 0 Å². The van der Waals surface area contributed by atoms with Gasteiger partial charge in [-0.05, 0) is 55.5 Å². The van der Waals surface area contributed by atoms with Crippen molar-refractivity contribution in [3.8, 4) is 0 Å². The molecule has 1 aromatic carbocycles. The zero-order chi connectivity index (χ0) is 20.1. The Hall–Kier alpha value is -1.70. The fourth-order valence-corrected chi connectivity index (χ4v) is 4.75. The lowest BCUT2D eigenvalue weighted by Crippen LogP contribution is -2.46. The lowest BCUT2D eigenvalue weighted by atomic mass is 9.88. The third kappa shape index (κ3) is 4.64. The Kier molecular flexibility index (Phi) is 7.26. The van der Waals surface area contributed by atoms with Gasteiger partial charge in [0.1, 0.15) is 5.82 Å². The molecule has 2 fully saturated rings. The molecule has 2 amide bonds. The van der Waals surface area contributed by atoms with E-state index >= 15 is 0 Å². The fourth-order valence-electron chi connectivity index (χ4n) is 4.75. The van der Waals surface area contributed by atoms with Gasteiger partial charge in [-0.3, -0.25) is 4.90 Å². The molecule has 156 valence electrons. The number of hydrogen-bond donors (Lipinski definition) is 2. The third-order valence-electron chi connectivity index (χ3n) is 6.30. The van der Waals surface area contributed by atoms with Crippen molar-refractivity contribution in [3.63, 3.8) is 0 Å². The van der Waals surface area contributed by atoms with E-state index in [2.05, 4.69) is 17.1 Å². The molecule has 2 aliphatic rings. The molecule has 3 rings (SSSR count). The van der Waals surface area contributed by atoms with Crippen molar-refractivity contribution in [1.29, 1.82) is 0 Å². The molecule has 0 unspecified atom stereocenters. The summed E-state index contributed by atoms with van der Waals surface area (Å²) >= 11 is 0.